The van der Waals surface area contributed by atoms with Crippen molar-refractivity contribution in [3.8, 4) is 5.75 Å². The fraction of sp³-hybridized carbons (Fsp3) is 0.263. The summed E-state index contributed by atoms with van der Waals surface area (Å²) >= 11 is 0. The van der Waals surface area contributed by atoms with Gasteiger partial charge in [-0.3, -0.25) is 9.59 Å². The van der Waals surface area contributed by atoms with Crippen LogP contribution in [0.1, 0.15) is 35.0 Å². The van der Waals surface area contributed by atoms with E-state index in [2.05, 4.69) is 15.4 Å². The highest BCUT2D eigenvalue weighted by Crippen LogP contribution is 2.28. The lowest BCUT2D eigenvalue weighted by Gasteiger charge is -2.30. The number of nitrogens with zero attached hydrogens (tertiary/aromatic N) is 3. The third-order valence-electron chi connectivity index (χ3n) is 4.35. The number of carbonyl (C=O) groups is 2. The van der Waals surface area contributed by atoms with Crippen molar-refractivity contribution in [1.82, 2.24) is 19.9 Å². The molecular formula is C19H20N4O4. The Labute approximate surface area is 155 Å². The number of ether oxygens (including phenoxy) is 1. The number of carbonyl (C=O) groups excluding carboxylic acids is 1. The van der Waals surface area contributed by atoms with Crippen molar-refractivity contribution in [3.05, 3.63) is 59.5 Å². The van der Waals surface area contributed by atoms with Gasteiger partial charge in [0.05, 0.1) is 25.3 Å². The van der Waals surface area contributed by atoms with Gasteiger partial charge in [0.15, 0.2) is 5.65 Å². The van der Waals surface area contributed by atoms with Crippen LogP contribution in [0.2, 0.25) is 0 Å². The van der Waals surface area contributed by atoms with Crippen LogP contribution in [-0.4, -0.2) is 38.7 Å². The zero-order valence-electron chi connectivity index (χ0n) is 15.3. The van der Waals surface area contributed by atoms with E-state index in [1.54, 1.807) is 43.5 Å². The first-order valence-electron chi connectivity index (χ1n) is 8.32. The van der Waals surface area contributed by atoms with Gasteiger partial charge in [0.2, 0.25) is 0 Å². The fourth-order valence-corrected chi connectivity index (χ4v) is 2.92. The molecule has 1 atom stereocenters. The van der Waals surface area contributed by atoms with Gasteiger partial charge >= 0.3 is 5.97 Å². The Morgan fingerprint density at radius 1 is 1.33 bits per heavy atom. The molecule has 1 unspecified atom stereocenters. The lowest BCUT2D eigenvalue weighted by atomic mass is 9.88. The van der Waals surface area contributed by atoms with Gasteiger partial charge in [0.25, 0.3) is 5.91 Å². The van der Waals surface area contributed by atoms with Crippen LogP contribution in [-0.2, 0) is 10.3 Å². The predicted octanol–water partition coefficient (Wildman–Crippen LogP) is 2.17. The Morgan fingerprint density at radius 2 is 2.11 bits per heavy atom. The van der Waals surface area contributed by atoms with E-state index in [1.165, 1.54) is 17.8 Å². The molecule has 2 N–H and O–H groups in total. The Hall–Kier alpha value is -3.42. The molecule has 0 saturated heterocycles. The van der Waals surface area contributed by atoms with Crippen LogP contribution < -0.4 is 10.1 Å². The van der Waals surface area contributed by atoms with Crippen molar-refractivity contribution in [2.75, 3.05) is 7.11 Å². The van der Waals surface area contributed by atoms with Gasteiger partial charge < -0.3 is 15.2 Å². The number of hydrogen-bond acceptors (Lipinski definition) is 5. The number of amides is 1. The molecule has 8 nitrogen and oxygen atoms in total. The minimum atomic E-state index is -1.14. The van der Waals surface area contributed by atoms with Crippen molar-refractivity contribution in [2.24, 2.45) is 0 Å². The maximum Gasteiger partial charge on any atom is 0.306 e. The van der Waals surface area contributed by atoms with Gasteiger partial charge in [-0.25, -0.2) is 9.50 Å². The summed E-state index contributed by atoms with van der Waals surface area (Å²) in [7, 11) is 1.53. The normalized spacial score (nSPS) is 13.1. The minimum absolute atomic E-state index is 0.276. The number of hydrogen-bond donors (Lipinski definition) is 2. The number of carboxylic acids is 1. The van der Waals surface area contributed by atoms with E-state index in [9.17, 15) is 14.7 Å². The SMILES string of the molecule is COc1cccc(C(C)(CC(=O)O)NC(=O)c2cnn3ccc(C)nc23)c1. The number of aliphatic carboxylic acids is 1. The van der Waals surface area contributed by atoms with E-state index in [1.807, 2.05) is 6.92 Å². The predicted molar refractivity (Wildman–Crippen MR) is 97.8 cm³/mol. The van der Waals surface area contributed by atoms with Gasteiger partial charge in [-0.15, -0.1) is 0 Å². The van der Waals surface area contributed by atoms with Gasteiger partial charge in [0.1, 0.15) is 11.3 Å². The molecule has 27 heavy (non-hydrogen) atoms. The van der Waals surface area contributed by atoms with E-state index in [0.29, 0.717) is 17.0 Å². The fourth-order valence-electron chi connectivity index (χ4n) is 2.92. The molecule has 140 valence electrons. The van der Waals surface area contributed by atoms with Crippen molar-refractivity contribution >= 4 is 17.5 Å². The molecule has 1 amide bonds. The summed E-state index contributed by atoms with van der Waals surface area (Å²) in [6.45, 7) is 3.48. The molecular weight excluding hydrogens is 348 g/mol. The smallest absolute Gasteiger partial charge is 0.306 e. The summed E-state index contributed by atoms with van der Waals surface area (Å²) < 4.78 is 6.72. The topological polar surface area (TPSA) is 106 Å². The van der Waals surface area contributed by atoms with Crippen LogP contribution in [0, 0.1) is 6.92 Å². The van der Waals surface area contributed by atoms with Crippen molar-refractivity contribution in [2.45, 2.75) is 25.8 Å². The summed E-state index contributed by atoms with van der Waals surface area (Å²) in [6.07, 6.45) is 2.84. The molecule has 0 saturated carbocycles. The van der Waals surface area contributed by atoms with E-state index in [-0.39, 0.29) is 12.0 Å². The highest BCUT2D eigenvalue weighted by Gasteiger charge is 2.33. The van der Waals surface area contributed by atoms with Crippen molar-refractivity contribution in [1.29, 1.82) is 0 Å². The number of fused-ring (bicyclic) bond motifs is 1. The molecule has 0 radical (unpaired) electrons. The van der Waals surface area contributed by atoms with Crippen LogP contribution in [0.4, 0.5) is 0 Å². The lowest BCUT2D eigenvalue weighted by Crippen LogP contribution is -2.45. The van der Waals surface area contributed by atoms with Gasteiger partial charge in [-0.1, -0.05) is 12.1 Å². The van der Waals surface area contributed by atoms with Crippen LogP contribution >= 0.6 is 0 Å². The van der Waals surface area contributed by atoms with Gasteiger partial charge in [-0.05, 0) is 37.6 Å². The second kappa shape index (κ2) is 7.06. The van der Waals surface area contributed by atoms with E-state index in [4.69, 9.17) is 4.74 Å². The number of rotatable bonds is 6. The minimum Gasteiger partial charge on any atom is -0.497 e. The molecule has 2 heterocycles. The van der Waals surface area contributed by atoms with Crippen molar-refractivity contribution < 1.29 is 19.4 Å². The average molecular weight is 368 g/mol. The Morgan fingerprint density at radius 3 is 2.81 bits per heavy atom. The third-order valence-corrected chi connectivity index (χ3v) is 4.35. The molecule has 0 bridgehead atoms. The second-order valence-electron chi connectivity index (χ2n) is 6.48. The molecule has 0 aliphatic carbocycles. The summed E-state index contributed by atoms with van der Waals surface area (Å²) in [5.41, 5.74) is 0.917. The number of aryl methyl sites for hydroxylation is 1. The third kappa shape index (κ3) is 3.74. The first-order valence-corrected chi connectivity index (χ1v) is 8.32. The van der Waals surface area contributed by atoms with Crippen LogP contribution in [0.25, 0.3) is 5.65 Å². The second-order valence-corrected chi connectivity index (χ2v) is 6.48. The quantitative estimate of drug-likeness (QED) is 0.691. The first-order chi connectivity index (χ1) is 12.8. The van der Waals surface area contributed by atoms with Gasteiger partial charge in [-0.2, -0.15) is 5.10 Å². The summed E-state index contributed by atoms with van der Waals surface area (Å²) in [5, 5.41) is 16.3. The Bertz CT molecular complexity index is 1010. The molecule has 0 aliphatic rings. The number of nitrogens with one attached hydrogen (secondary N) is 1. The molecule has 2 aromatic heterocycles. The molecule has 3 aromatic rings. The highest BCUT2D eigenvalue weighted by molar-refractivity contribution is 6.00. The molecule has 0 spiro atoms. The van der Waals surface area contributed by atoms with E-state index in [0.717, 1.165) is 5.69 Å². The monoisotopic (exact) mass is 368 g/mol. The largest absolute Gasteiger partial charge is 0.497 e. The van der Waals surface area contributed by atoms with Crippen LogP contribution in [0.3, 0.4) is 0 Å². The van der Waals surface area contributed by atoms with E-state index < -0.39 is 17.4 Å². The zero-order chi connectivity index (χ0) is 19.6. The summed E-state index contributed by atoms with van der Waals surface area (Å²) in [5.74, 6) is -0.907. The maximum absolute atomic E-state index is 12.9. The number of aromatic nitrogens is 3. The maximum atomic E-state index is 12.9. The Kier molecular flexibility index (Phi) is 4.81. The first kappa shape index (κ1) is 18.4. The molecule has 0 fully saturated rings. The highest BCUT2D eigenvalue weighted by atomic mass is 16.5. The van der Waals surface area contributed by atoms with Crippen molar-refractivity contribution in [3.63, 3.8) is 0 Å². The standard InChI is InChI=1S/C19H20N4O4/c1-12-7-8-23-17(21-12)15(11-20-23)18(26)22-19(2,10-16(24)25)13-5-4-6-14(9-13)27-3/h4-9,11H,10H2,1-3H3,(H,22,26)(H,24,25). The van der Waals surface area contributed by atoms with Crippen LogP contribution in [0.15, 0.2) is 42.7 Å². The molecule has 0 aliphatic heterocycles. The average Bonchev–Trinajstić information content (AvgIpc) is 3.04. The summed E-state index contributed by atoms with van der Waals surface area (Å²) in [4.78, 5) is 28.7. The molecule has 3 rings (SSSR count). The number of benzene rings is 1. The lowest BCUT2D eigenvalue weighted by molar-refractivity contribution is -0.138. The zero-order valence-corrected chi connectivity index (χ0v) is 15.3. The summed E-state index contributed by atoms with van der Waals surface area (Å²) in [6, 6.07) is 8.75. The number of methoxy groups -OCH3 is 1. The van der Waals surface area contributed by atoms with Crippen LogP contribution in [0.5, 0.6) is 5.75 Å². The van der Waals surface area contributed by atoms with E-state index >= 15 is 0 Å². The molecule has 1 aromatic carbocycles. The molecule has 8 heteroatoms. The number of carboxylic acid groups (broad SMARTS) is 1. The van der Waals surface area contributed by atoms with Gasteiger partial charge in [0, 0.05) is 11.9 Å². The Balaban J connectivity index is 1.99.